The van der Waals surface area contributed by atoms with E-state index >= 15 is 0 Å². The minimum absolute atomic E-state index is 0.0765. The van der Waals surface area contributed by atoms with E-state index in [1.807, 2.05) is 0 Å². The third kappa shape index (κ3) is 4.31. The normalized spacial score (nSPS) is 28.0. The molecule has 1 amide bonds. The molecule has 0 bridgehead atoms. The first-order valence-corrected chi connectivity index (χ1v) is 11.7. The average molecular weight is 490 g/mol. The number of pyridine rings is 1. The molecule has 1 aromatic heterocycles. The minimum Gasteiger partial charge on any atom is -0.381 e. The molecule has 1 atom stereocenters. The largest absolute Gasteiger partial charge is 0.381 e. The first-order chi connectivity index (χ1) is 16.8. The summed E-state index contributed by atoms with van der Waals surface area (Å²) in [6.45, 7) is 0.128. The topological polar surface area (TPSA) is 112 Å². The van der Waals surface area contributed by atoms with Crippen LogP contribution < -0.4 is 26.9 Å². The quantitative estimate of drug-likeness (QED) is 0.457. The molecule has 4 N–H and O–H groups in total. The number of alkyl halides is 2. The fourth-order valence-electron chi connectivity index (χ4n) is 4.70. The third-order valence-electron chi connectivity index (χ3n) is 7.16. The number of hydrogen-bond acceptors (Lipinski definition) is 7. The molecule has 188 valence electrons. The zero-order valence-corrected chi connectivity index (χ0v) is 19.6. The molecule has 0 saturated heterocycles. The molecule has 2 aliphatic heterocycles. The van der Waals surface area contributed by atoms with Crippen molar-refractivity contribution in [2.24, 2.45) is 10.9 Å². The van der Waals surface area contributed by atoms with Crippen molar-refractivity contribution in [1.29, 1.82) is 0 Å². The first-order valence-electron chi connectivity index (χ1n) is 11.7. The van der Waals surface area contributed by atoms with Crippen molar-refractivity contribution in [2.75, 3.05) is 32.6 Å². The molecule has 2 fully saturated rings. The van der Waals surface area contributed by atoms with Gasteiger partial charge in [0, 0.05) is 57.9 Å². The highest BCUT2D eigenvalue weighted by atomic mass is 19.3. The fourth-order valence-corrected chi connectivity index (χ4v) is 4.70. The van der Waals surface area contributed by atoms with Crippen LogP contribution in [0.4, 0.5) is 14.5 Å². The van der Waals surface area contributed by atoms with E-state index in [9.17, 15) is 18.4 Å². The number of carbonyl (C=O) groups excluding carboxylic acids is 1. The maximum absolute atomic E-state index is 13.6. The predicted octanol–water partition coefficient (Wildman–Crippen LogP) is 1.28. The number of aliphatic imine (C=N–C) groups is 1. The van der Waals surface area contributed by atoms with E-state index in [4.69, 9.17) is 4.74 Å². The van der Waals surface area contributed by atoms with Gasteiger partial charge in [0.05, 0.1) is 11.7 Å². The summed E-state index contributed by atoms with van der Waals surface area (Å²) in [4.78, 5) is 30.2. The van der Waals surface area contributed by atoms with E-state index in [1.165, 1.54) is 0 Å². The summed E-state index contributed by atoms with van der Waals surface area (Å²) in [7, 11) is 3.28. The Morgan fingerprint density at radius 3 is 2.83 bits per heavy atom. The van der Waals surface area contributed by atoms with E-state index < -0.39 is 17.7 Å². The number of ether oxygens (including phenoxy) is 1. The highest BCUT2D eigenvalue weighted by Crippen LogP contribution is 2.42. The summed E-state index contributed by atoms with van der Waals surface area (Å²) in [5, 5.41) is 10.5. The second kappa shape index (κ2) is 9.08. The lowest BCUT2D eigenvalue weighted by molar-refractivity contribution is -0.134. The number of rotatable bonds is 7. The van der Waals surface area contributed by atoms with Crippen molar-refractivity contribution in [3.63, 3.8) is 0 Å². The molecule has 2 saturated carbocycles. The molecule has 0 spiro atoms. The Balaban J connectivity index is 1.32. The summed E-state index contributed by atoms with van der Waals surface area (Å²) >= 11 is 0. The number of anilines is 1. The lowest BCUT2D eigenvalue weighted by atomic mass is 9.81. The van der Waals surface area contributed by atoms with Gasteiger partial charge in [-0.05, 0) is 31.4 Å². The average Bonchev–Trinajstić information content (AvgIpc) is 3.23. The van der Waals surface area contributed by atoms with Gasteiger partial charge in [-0.1, -0.05) is 0 Å². The molecule has 1 aromatic rings. The number of hydrazine groups is 1. The Hall–Kier alpha value is -3.25. The van der Waals surface area contributed by atoms with Crippen LogP contribution in [0.15, 0.2) is 51.4 Å². The van der Waals surface area contributed by atoms with Crippen LogP contribution in [-0.2, 0) is 9.53 Å². The van der Waals surface area contributed by atoms with Crippen molar-refractivity contribution < 1.29 is 18.3 Å². The molecule has 2 aliphatic carbocycles. The molecule has 3 heterocycles. The van der Waals surface area contributed by atoms with Gasteiger partial charge in [0.15, 0.2) is 0 Å². The van der Waals surface area contributed by atoms with Gasteiger partial charge in [0.2, 0.25) is 0 Å². The Bertz CT molecular complexity index is 1170. The second-order valence-electron chi connectivity index (χ2n) is 9.21. The second-order valence-corrected chi connectivity index (χ2v) is 9.21. The van der Waals surface area contributed by atoms with Crippen molar-refractivity contribution in [1.82, 2.24) is 25.6 Å². The standard InChI is InChI=1S/C23H29F2N7O3/c1-26-19-10-18(29-17-4-3-7-31(22(17)34)14-8-15(9-14)35-2)30-20-16(12-28-32(19)20)21(33)27-11-13-5-6-23(13,24)25/h3-4,7,10,13-15,28-30H,5-6,8-9,11-12H2,1-2H3,(H,27,33). The number of amidine groups is 1. The van der Waals surface area contributed by atoms with Crippen molar-refractivity contribution in [2.45, 2.75) is 43.8 Å². The molecule has 0 aromatic carbocycles. The molecule has 1 unspecified atom stereocenters. The van der Waals surface area contributed by atoms with Crippen LogP contribution >= 0.6 is 0 Å². The zero-order valence-electron chi connectivity index (χ0n) is 19.6. The van der Waals surface area contributed by atoms with Gasteiger partial charge in [-0.15, -0.1) is 0 Å². The van der Waals surface area contributed by atoms with Crippen LogP contribution in [0.3, 0.4) is 0 Å². The Kier molecular flexibility index (Phi) is 6.09. The third-order valence-corrected chi connectivity index (χ3v) is 7.16. The van der Waals surface area contributed by atoms with Crippen molar-refractivity contribution >= 4 is 17.4 Å². The number of methoxy groups -OCH3 is 1. The molecule has 0 radical (unpaired) electrons. The van der Waals surface area contributed by atoms with Crippen LogP contribution in [0.2, 0.25) is 0 Å². The molecule has 4 aliphatic rings. The van der Waals surface area contributed by atoms with E-state index in [0.29, 0.717) is 35.2 Å². The number of fused-ring (bicyclic) bond motifs is 1. The molecule has 10 nitrogen and oxygen atoms in total. The summed E-state index contributed by atoms with van der Waals surface area (Å²) < 4.78 is 34.2. The number of aromatic nitrogens is 1. The number of hydrogen-bond donors (Lipinski definition) is 4. The number of carbonyl (C=O) groups is 1. The maximum Gasteiger partial charge on any atom is 0.274 e. The van der Waals surface area contributed by atoms with Crippen LogP contribution in [-0.4, -0.2) is 60.6 Å². The number of amides is 1. The van der Waals surface area contributed by atoms with Gasteiger partial charge in [0.25, 0.3) is 17.4 Å². The van der Waals surface area contributed by atoms with Gasteiger partial charge in [0.1, 0.15) is 23.2 Å². The Labute approximate surface area is 201 Å². The minimum atomic E-state index is -2.72. The monoisotopic (exact) mass is 489 g/mol. The predicted molar refractivity (Wildman–Crippen MR) is 126 cm³/mol. The van der Waals surface area contributed by atoms with Crippen LogP contribution in [0, 0.1) is 5.92 Å². The van der Waals surface area contributed by atoms with Crippen LogP contribution in [0.5, 0.6) is 0 Å². The summed E-state index contributed by atoms with van der Waals surface area (Å²) in [6.07, 6.45) is 5.48. The van der Waals surface area contributed by atoms with Gasteiger partial charge >= 0.3 is 0 Å². The van der Waals surface area contributed by atoms with Crippen LogP contribution in [0.25, 0.3) is 0 Å². The zero-order chi connectivity index (χ0) is 24.7. The number of halogens is 2. The first kappa shape index (κ1) is 23.5. The lowest BCUT2D eigenvalue weighted by Gasteiger charge is -2.36. The molecule has 5 rings (SSSR count). The van der Waals surface area contributed by atoms with E-state index in [1.54, 1.807) is 48.1 Å². The van der Waals surface area contributed by atoms with Gasteiger partial charge in [-0.25, -0.2) is 19.2 Å². The van der Waals surface area contributed by atoms with E-state index in [0.717, 1.165) is 12.8 Å². The summed E-state index contributed by atoms with van der Waals surface area (Å²) in [5.74, 6) is -2.56. The summed E-state index contributed by atoms with van der Waals surface area (Å²) in [6, 6.07) is 3.59. The smallest absolute Gasteiger partial charge is 0.274 e. The van der Waals surface area contributed by atoms with E-state index in [-0.39, 0.29) is 37.2 Å². The van der Waals surface area contributed by atoms with E-state index in [2.05, 4.69) is 26.4 Å². The Morgan fingerprint density at radius 2 is 2.17 bits per heavy atom. The number of nitrogens with zero attached hydrogens (tertiary/aromatic N) is 3. The summed E-state index contributed by atoms with van der Waals surface area (Å²) in [5.41, 5.74) is 3.66. The van der Waals surface area contributed by atoms with Crippen LogP contribution in [0.1, 0.15) is 31.7 Å². The van der Waals surface area contributed by atoms with Crippen molar-refractivity contribution in [3.05, 3.63) is 52.0 Å². The van der Waals surface area contributed by atoms with Gasteiger partial charge in [-0.2, -0.15) is 0 Å². The van der Waals surface area contributed by atoms with Gasteiger partial charge in [-0.3, -0.25) is 14.6 Å². The maximum atomic E-state index is 13.6. The Morgan fingerprint density at radius 1 is 1.37 bits per heavy atom. The molecular weight excluding hydrogens is 460 g/mol. The highest BCUT2D eigenvalue weighted by Gasteiger charge is 2.48. The molecular formula is C23H29F2N7O3. The number of nitrogens with one attached hydrogen (secondary N) is 4. The highest BCUT2D eigenvalue weighted by molar-refractivity contribution is 6.00. The SMILES string of the molecule is CN=C1C=C(Nc2cccn(C3CC(OC)C3)c2=O)NC2=C(C(=O)NCC3CCC3(F)F)CNN12. The molecule has 12 heteroatoms. The lowest BCUT2D eigenvalue weighted by Crippen LogP contribution is -2.46. The molecule has 35 heavy (non-hydrogen) atoms. The van der Waals surface area contributed by atoms with Gasteiger partial charge < -0.3 is 25.3 Å². The fraction of sp³-hybridized carbons (Fsp3) is 0.522. The van der Waals surface area contributed by atoms with Crippen molar-refractivity contribution in [3.8, 4) is 0 Å².